The standard InChI is InChI=1S/C11H11Cl2NO/c1-14-6-7(5-10(14)15)11-8(12)3-2-4-9(11)13/h2-4,7H,5-6H2,1H3. The fraction of sp³-hybridized carbons (Fsp3) is 0.364. The highest BCUT2D eigenvalue weighted by Gasteiger charge is 2.30. The molecule has 1 aromatic carbocycles. The molecular formula is C11H11Cl2NO. The summed E-state index contributed by atoms with van der Waals surface area (Å²) in [6, 6.07) is 5.44. The second-order valence-corrected chi connectivity index (χ2v) is 4.63. The van der Waals surface area contributed by atoms with Crippen molar-refractivity contribution in [3.05, 3.63) is 33.8 Å². The zero-order chi connectivity index (χ0) is 11.0. The van der Waals surface area contributed by atoms with Gasteiger partial charge in [0.2, 0.25) is 5.91 Å². The molecule has 0 saturated carbocycles. The number of likely N-dealkylation sites (N-methyl/N-ethyl adjacent to an activating group) is 1. The Morgan fingerprint density at radius 3 is 2.40 bits per heavy atom. The third-order valence-corrected chi connectivity index (χ3v) is 3.41. The Kier molecular flexibility index (Phi) is 2.89. The maximum Gasteiger partial charge on any atom is 0.223 e. The zero-order valence-electron chi connectivity index (χ0n) is 8.34. The van der Waals surface area contributed by atoms with Gasteiger partial charge in [-0.2, -0.15) is 0 Å². The van der Waals surface area contributed by atoms with Crippen LogP contribution in [0.2, 0.25) is 10.0 Å². The number of hydrogen-bond donors (Lipinski definition) is 0. The quantitative estimate of drug-likeness (QED) is 0.743. The minimum atomic E-state index is 0.128. The number of nitrogens with zero attached hydrogens (tertiary/aromatic N) is 1. The molecule has 15 heavy (non-hydrogen) atoms. The molecule has 2 rings (SSSR count). The molecule has 1 heterocycles. The Labute approximate surface area is 98.8 Å². The fourth-order valence-electron chi connectivity index (χ4n) is 1.96. The van der Waals surface area contributed by atoms with E-state index in [1.165, 1.54) is 0 Å². The number of carbonyl (C=O) groups excluding carboxylic acids is 1. The normalized spacial score (nSPS) is 21.1. The van der Waals surface area contributed by atoms with Crippen molar-refractivity contribution < 1.29 is 4.79 Å². The Morgan fingerprint density at radius 2 is 1.93 bits per heavy atom. The molecule has 0 bridgehead atoms. The minimum absolute atomic E-state index is 0.128. The minimum Gasteiger partial charge on any atom is -0.345 e. The molecule has 4 heteroatoms. The molecule has 1 unspecified atom stereocenters. The van der Waals surface area contributed by atoms with E-state index in [2.05, 4.69) is 0 Å². The smallest absolute Gasteiger partial charge is 0.223 e. The van der Waals surface area contributed by atoms with Crippen molar-refractivity contribution in [2.75, 3.05) is 13.6 Å². The lowest BCUT2D eigenvalue weighted by Crippen LogP contribution is -2.18. The molecule has 80 valence electrons. The summed E-state index contributed by atoms with van der Waals surface area (Å²) in [6.07, 6.45) is 0.500. The molecule has 0 spiro atoms. The third-order valence-electron chi connectivity index (χ3n) is 2.75. The molecular weight excluding hydrogens is 233 g/mol. The van der Waals surface area contributed by atoms with Crippen LogP contribution in [0.15, 0.2) is 18.2 Å². The average molecular weight is 244 g/mol. The van der Waals surface area contributed by atoms with E-state index < -0.39 is 0 Å². The molecule has 0 aliphatic carbocycles. The molecule has 1 aliphatic rings. The van der Waals surface area contributed by atoms with Gasteiger partial charge in [-0.1, -0.05) is 29.3 Å². The first kappa shape index (κ1) is 10.8. The third kappa shape index (κ3) is 1.97. The second kappa shape index (κ2) is 4.03. The van der Waals surface area contributed by atoms with Gasteiger partial charge in [0.1, 0.15) is 0 Å². The van der Waals surface area contributed by atoms with Gasteiger partial charge in [-0.05, 0) is 17.7 Å². The van der Waals surface area contributed by atoms with Crippen molar-refractivity contribution in [2.45, 2.75) is 12.3 Å². The first-order valence-corrected chi connectivity index (χ1v) is 5.53. The number of likely N-dealkylation sites (tertiary alicyclic amines) is 1. The van der Waals surface area contributed by atoms with Gasteiger partial charge in [-0.3, -0.25) is 4.79 Å². The Morgan fingerprint density at radius 1 is 1.33 bits per heavy atom. The van der Waals surface area contributed by atoms with E-state index in [-0.39, 0.29) is 11.8 Å². The molecule has 1 aromatic rings. The highest BCUT2D eigenvalue weighted by atomic mass is 35.5. The number of rotatable bonds is 1. The van der Waals surface area contributed by atoms with Gasteiger partial charge in [0.05, 0.1) is 0 Å². The van der Waals surface area contributed by atoms with E-state index in [1.54, 1.807) is 11.9 Å². The van der Waals surface area contributed by atoms with E-state index in [9.17, 15) is 4.79 Å². The van der Waals surface area contributed by atoms with Crippen LogP contribution in [-0.4, -0.2) is 24.4 Å². The highest BCUT2D eigenvalue weighted by molar-refractivity contribution is 6.36. The van der Waals surface area contributed by atoms with Crippen molar-refractivity contribution >= 4 is 29.1 Å². The average Bonchev–Trinajstić information content (AvgIpc) is 2.46. The van der Waals surface area contributed by atoms with Crippen LogP contribution in [-0.2, 0) is 4.79 Å². The van der Waals surface area contributed by atoms with Gasteiger partial charge in [-0.15, -0.1) is 0 Å². The first-order valence-electron chi connectivity index (χ1n) is 4.77. The van der Waals surface area contributed by atoms with Crippen LogP contribution in [0.5, 0.6) is 0 Å². The Balaban J connectivity index is 2.35. The van der Waals surface area contributed by atoms with Crippen molar-refractivity contribution in [1.29, 1.82) is 0 Å². The summed E-state index contributed by atoms with van der Waals surface area (Å²) in [4.78, 5) is 13.1. The van der Waals surface area contributed by atoms with E-state index in [0.29, 0.717) is 23.0 Å². The molecule has 1 fully saturated rings. The lowest BCUT2D eigenvalue weighted by atomic mass is 9.98. The summed E-state index contributed by atoms with van der Waals surface area (Å²) >= 11 is 12.2. The maximum atomic E-state index is 11.4. The molecule has 1 amide bonds. The van der Waals surface area contributed by atoms with Gasteiger partial charge in [-0.25, -0.2) is 0 Å². The van der Waals surface area contributed by atoms with Crippen LogP contribution in [0.25, 0.3) is 0 Å². The lowest BCUT2D eigenvalue weighted by Gasteiger charge is -2.13. The highest BCUT2D eigenvalue weighted by Crippen LogP contribution is 2.36. The summed E-state index contributed by atoms with van der Waals surface area (Å²) in [6.45, 7) is 0.697. The summed E-state index contributed by atoms with van der Waals surface area (Å²) in [5.74, 6) is 0.277. The zero-order valence-corrected chi connectivity index (χ0v) is 9.85. The molecule has 0 radical (unpaired) electrons. The molecule has 1 atom stereocenters. The monoisotopic (exact) mass is 243 g/mol. The van der Waals surface area contributed by atoms with E-state index in [0.717, 1.165) is 5.56 Å². The number of carbonyl (C=O) groups is 1. The van der Waals surface area contributed by atoms with E-state index >= 15 is 0 Å². The summed E-state index contributed by atoms with van der Waals surface area (Å²) in [5.41, 5.74) is 0.901. The predicted octanol–water partition coefficient (Wildman–Crippen LogP) is 2.94. The molecule has 1 aliphatic heterocycles. The Hall–Kier alpha value is -0.730. The van der Waals surface area contributed by atoms with Crippen LogP contribution >= 0.6 is 23.2 Å². The summed E-state index contributed by atoms with van der Waals surface area (Å²) in [7, 11) is 1.80. The van der Waals surface area contributed by atoms with Crippen LogP contribution in [0.1, 0.15) is 17.9 Å². The van der Waals surface area contributed by atoms with Crippen molar-refractivity contribution in [2.24, 2.45) is 0 Å². The van der Waals surface area contributed by atoms with Gasteiger partial charge < -0.3 is 4.90 Å². The largest absolute Gasteiger partial charge is 0.345 e. The second-order valence-electron chi connectivity index (χ2n) is 3.81. The van der Waals surface area contributed by atoms with Crippen molar-refractivity contribution in [3.8, 4) is 0 Å². The van der Waals surface area contributed by atoms with Crippen molar-refractivity contribution in [1.82, 2.24) is 4.90 Å². The molecule has 0 aromatic heterocycles. The van der Waals surface area contributed by atoms with E-state index in [4.69, 9.17) is 23.2 Å². The summed E-state index contributed by atoms with van der Waals surface area (Å²) < 4.78 is 0. The number of amides is 1. The van der Waals surface area contributed by atoms with Gasteiger partial charge in [0.25, 0.3) is 0 Å². The summed E-state index contributed by atoms with van der Waals surface area (Å²) in [5, 5.41) is 1.30. The van der Waals surface area contributed by atoms with Crippen LogP contribution in [0.3, 0.4) is 0 Å². The predicted molar refractivity (Wildman–Crippen MR) is 61.5 cm³/mol. The molecule has 0 N–H and O–H groups in total. The lowest BCUT2D eigenvalue weighted by molar-refractivity contribution is -0.126. The first-order chi connectivity index (χ1) is 7.09. The van der Waals surface area contributed by atoms with Gasteiger partial charge in [0, 0.05) is 36.0 Å². The van der Waals surface area contributed by atoms with Gasteiger partial charge >= 0.3 is 0 Å². The van der Waals surface area contributed by atoms with Crippen LogP contribution in [0.4, 0.5) is 0 Å². The number of hydrogen-bond acceptors (Lipinski definition) is 1. The molecule has 2 nitrogen and oxygen atoms in total. The van der Waals surface area contributed by atoms with E-state index in [1.807, 2.05) is 18.2 Å². The topological polar surface area (TPSA) is 20.3 Å². The fourth-order valence-corrected chi connectivity index (χ4v) is 2.66. The number of halogens is 2. The molecule has 1 saturated heterocycles. The van der Waals surface area contributed by atoms with Gasteiger partial charge in [0.15, 0.2) is 0 Å². The SMILES string of the molecule is CN1CC(c2c(Cl)cccc2Cl)CC1=O. The van der Waals surface area contributed by atoms with Crippen LogP contribution < -0.4 is 0 Å². The number of benzene rings is 1. The maximum absolute atomic E-state index is 11.4. The van der Waals surface area contributed by atoms with Crippen LogP contribution in [0, 0.1) is 0 Å². The Bertz CT molecular complexity index is 385. The van der Waals surface area contributed by atoms with Crippen molar-refractivity contribution in [3.63, 3.8) is 0 Å².